The van der Waals surface area contributed by atoms with Crippen molar-refractivity contribution >= 4 is 36.4 Å². The second kappa shape index (κ2) is 13.8. The third-order valence-corrected chi connectivity index (χ3v) is 7.20. The van der Waals surface area contributed by atoms with Crippen LogP contribution in [0, 0.1) is 0 Å². The maximum atomic E-state index is 11.6. The van der Waals surface area contributed by atoms with Crippen molar-refractivity contribution in [2.24, 2.45) is 0 Å². The van der Waals surface area contributed by atoms with Crippen LogP contribution in [0.25, 0.3) is 0 Å². The molecule has 1 unspecified atom stereocenters. The van der Waals surface area contributed by atoms with Crippen LogP contribution in [-0.2, 0) is 6.61 Å². The highest BCUT2D eigenvalue weighted by molar-refractivity contribution is 6.32. The second-order valence-corrected chi connectivity index (χ2v) is 9.50. The topological polar surface area (TPSA) is 54.0 Å². The van der Waals surface area contributed by atoms with E-state index in [2.05, 4.69) is 16.3 Å². The molecule has 1 saturated carbocycles. The molecule has 2 aromatic rings. The minimum absolute atomic E-state index is 0. The van der Waals surface area contributed by atoms with E-state index in [0.717, 1.165) is 75.3 Å². The zero-order valence-corrected chi connectivity index (χ0v) is 22.2. The predicted octanol–water partition coefficient (Wildman–Crippen LogP) is 5.46. The number of ether oxygens (including phenoxy) is 2. The molecule has 190 valence electrons. The highest BCUT2D eigenvalue weighted by atomic mass is 35.5. The summed E-state index contributed by atoms with van der Waals surface area (Å²) in [5.41, 5.74) is 1.46. The van der Waals surface area contributed by atoms with Gasteiger partial charge in [-0.15, -0.1) is 24.8 Å². The summed E-state index contributed by atoms with van der Waals surface area (Å²) in [6, 6.07) is 13.9. The molecule has 1 saturated heterocycles. The first-order valence-corrected chi connectivity index (χ1v) is 12.2. The van der Waals surface area contributed by atoms with Crippen LogP contribution < -0.4 is 14.8 Å². The summed E-state index contributed by atoms with van der Waals surface area (Å²) in [5, 5.41) is 15.7. The van der Waals surface area contributed by atoms with E-state index in [4.69, 9.17) is 21.1 Å². The van der Waals surface area contributed by atoms with E-state index >= 15 is 0 Å². The SMILES string of the molecule is COc1cccc(COc2ccc(C(CN3CCNCC3)C3(O)CCCCC3)cc2Cl)c1.Cl.Cl. The van der Waals surface area contributed by atoms with Crippen LogP contribution in [0.5, 0.6) is 11.5 Å². The average molecular weight is 532 g/mol. The molecule has 0 spiro atoms. The molecular formula is C26H37Cl3N2O3. The lowest BCUT2D eigenvalue weighted by atomic mass is 9.72. The van der Waals surface area contributed by atoms with Gasteiger partial charge in [-0.25, -0.2) is 0 Å². The van der Waals surface area contributed by atoms with Crippen LogP contribution in [0.3, 0.4) is 0 Å². The Morgan fingerprint density at radius 2 is 1.79 bits per heavy atom. The summed E-state index contributed by atoms with van der Waals surface area (Å²) in [6.45, 7) is 5.32. The molecule has 1 atom stereocenters. The van der Waals surface area contributed by atoms with Gasteiger partial charge in [-0.2, -0.15) is 0 Å². The monoisotopic (exact) mass is 530 g/mol. The lowest BCUT2D eigenvalue weighted by molar-refractivity contribution is -0.0316. The fourth-order valence-corrected chi connectivity index (χ4v) is 5.27. The predicted molar refractivity (Wildman–Crippen MR) is 143 cm³/mol. The van der Waals surface area contributed by atoms with Gasteiger partial charge in [-0.05, 0) is 48.2 Å². The molecule has 2 N–H and O–H groups in total. The van der Waals surface area contributed by atoms with Crippen LogP contribution >= 0.6 is 36.4 Å². The van der Waals surface area contributed by atoms with Crippen LogP contribution in [0.15, 0.2) is 42.5 Å². The van der Waals surface area contributed by atoms with Gasteiger partial charge in [-0.3, -0.25) is 0 Å². The average Bonchev–Trinajstić information content (AvgIpc) is 2.83. The summed E-state index contributed by atoms with van der Waals surface area (Å²) in [5.74, 6) is 1.52. The third-order valence-electron chi connectivity index (χ3n) is 6.91. The number of nitrogens with zero attached hydrogens (tertiary/aromatic N) is 1. The molecule has 0 bridgehead atoms. The minimum atomic E-state index is -0.671. The lowest BCUT2D eigenvalue weighted by Crippen LogP contribution is -2.49. The van der Waals surface area contributed by atoms with Crippen LogP contribution in [0.4, 0.5) is 0 Å². The number of methoxy groups -OCH3 is 1. The van der Waals surface area contributed by atoms with Crippen molar-refractivity contribution in [1.29, 1.82) is 0 Å². The van der Waals surface area contributed by atoms with Crippen LogP contribution in [0.1, 0.15) is 49.1 Å². The second-order valence-electron chi connectivity index (χ2n) is 9.10. The Balaban J connectivity index is 0.00000204. The number of rotatable bonds is 8. The van der Waals surface area contributed by atoms with Crippen LogP contribution in [-0.4, -0.2) is 55.4 Å². The van der Waals surface area contributed by atoms with E-state index in [1.54, 1.807) is 7.11 Å². The Kier molecular flexibility index (Phi) is 11.8. The first kappa shape index (κ1) is 29.0. The van der Waals surface area contributed by atoms with Gasteiger partial charge in [0.2, 0.25) is 0 Å². The number of nitrogens with one attached hydrogen (secondary N) is 1. The molecule has 5 nitrogen and oxygen atoms in total. The van der Waals surface area contributed by atoms with Gasteiger partial charge in [0.1, 0.15) is 18.1 Å². The van der Waals surface area contributed by atoms with Gasteiger partial charge in [0, 0.05) is 38.6 Å². The molecule has 8 heteroatoms. The van der Waals surface area contributed by atoms with Gasteiger partial charge in [0.15, 0.2) is 0 Å². The van der Waals surface area contributed by atoms with Crippen LogP contribution in [0.2, 0.25) is 5.02 Å². The van der Waals surface area contributed by atoms with Gasteiger partial charge < -0.3 is 24.8 Å². The molecule has 1 heterocycles. The first-order valence-electron chi connectivity index (χ1n) is 11.8. The Bertz CT molecular complexity index is 887. The van der Waals surface area contributed by atoms with E-state index in [-0.39, 0.29) is 30.7 Å². The number of benzene rings is 2. The minimum Gasteiger partial charge on any atom is -0.497 e. The van der Waals surface area contributed by atoms with Crippen molar-refractivity contribution in [2.75, 3.05) is 39.8 Å². The van der Waals surface area contributed by atoms with Crippen molar-refractivity contribution in [2.45, 2.75) is 50.2 Å². The zero-order chi connectivity index (χ0) is 22.4. The summed E-state index contributed by atoms with van der Waals surface area (Å²) in [7, 11) is 1.66. The lowest BCUT2D eigenvalue weighted by Gasteiger charge is -2.42. The van der Waals surface area contributed by atoms with Crippen molar-refractivity contribution in [3.63, 3.8) is 0 Å². The molecular weight excluding hydrogens is 495 g/mol. The molecule has 0 amide bonds. The Labute approximate surface area is 221 Å². The maximum Gasteiger partial charge on any atom is 0.138 e. The van der Waals surface area contributed by atoms with E-state index in [9.17, 15) is 5.11 Å². The van der Waals surface area contributed by atoms with E-state index in [1.807, 2.05) is 36.4 Å². The number of piperazine rings is 1. The summed E-state index contributed by atoms with van der Waals surface area (Å²) in [4.78, 5) is 2.47. The standard InChI is InChI=1S/C26H35ClN2O3.2ClH/c1-31-22-7-5-6-20(16-22)19-32-25-9-8-21(17-24(25)27)23(18-29-14-12-28-13-15-29)26(30)10-3-2-4-11-26;;/h5-9,16-17,23,28,30H,2-4,10-15,18-19H2,1H3;2*1H. The first-order chi connectivity index (χ1) is 15.6. The molecule has 2 fully saturated rings. The summed E-state index contributed by atoms with van der Waals surface area (Å²) >= 11 is 6.67. The zero-order valence-electron chi connectivity index (χ0n) is 19.8. The number of hydrogen-bond acceptors (Lipinski definition) is 5. The van der Waals surface area contributed by atoms with Gasteiger partial charge in [-0.1, -0.05) is 49.1 Å². The van der Waals surface area contributed by atoms with Crippen molar-refractivity contribution in [3.8, 4) is 11.5 Å². The quantitative estimate of drug-likeness (QED) is 0.474. The highest BCUT2D eigenvalue weighted by Crippen LogP contribution is 2.42. The maximum absolute atomic E-state index is 11.6. The fourth-order valence-electron chi connectivity index (χ4n) is 5.02. The Hall–Kier alpha value is -1.21. The molecule has 2 aliphatic rings. The summed E-state index contributed by atoms with van der Waals surface area (Å²) < 4.78 is 11.3. The van der Waals surface area contributed by atoms with Crippen molar-refractivity contribution in [1.82, 2.24) is 10.2 Å². The smallest absolute Gasteiger partial charge is 0.138 e. The number of hydrogen-bond donors (Lipinski definition) is 2. The Morgan fingerprint density at radius 3 is 2.47 bits per heavy atom. The van der Waals surface area contributed by atoms with E-state index < -0.39 is 5.60 Å². The normalized spacial score (nSPS) is 18.8. The number of aliphatic hydroxyl groups is 1. The molecule has 34 heavy (non-hydrogen) atoms. The van der Waals surface area contributed by atoms with Gasteiger partial charge in [0.05, 0.1) is 17.7 Å². The fraction of sp³-hybridized carbons (Fsp3) is 0.538. The molecule has 1 aliphatic heterocycles. The van der Waals surface area contributed by atoms with Gasteiger partial charge >= 0.3 is 0 Å². The highest BCUT2D eigenvalue weighted by Gasteiger charge is 2.39. The molecule has 2 aromatic carbocycles. The van der Waals surface area contributed by atoms with E-state index in [1.165, 1.54) is 6.42 Å². The largest absolute Gasteiger partial charge is 0.497 e. The molecule has 0 aromatic heterocycles. The molecule has 1 aliphatic carbocycles. The Morgan fingerprint density at radius 1 is 1.06 bits per heavy atom. The third kappa shape index (κ3) is 7.39. The molecule has 4 rings (SSSR count). The molecule has 0 radical (unpaired) electrons. The van der Waals surface area contributed by atoms with Crippen molar-refractivity contribution in [3.05, 3.63) is 58.6 Å². The van der Waals surface area contributed by atoms with Crippen molar-refractivity contribution < 1.29 is 14.6 Å². The number of halogens is 3. The summed E-state index contributed by atoms with van der Waals surface area (Å²) in [6.07, 6.45) is 5.10. The van der Waals surface area contributed by atoms with E-state index in [0.29, 0.717) is 17.4 Å². The van der Waals surface area contributed by atoms with Gasteiger partial charge in [0.25, 0.3) is 0 Å².